The molecule has 4 nitrogen and oxygen atoms in total. The summed E-state index contributed by atoms with van der Waals surface area (Å²) in [4.78, 5) is 10.8. The van der Waals surface area contributed by atoms with E-state index in [0.717, 1.165) is 26.1 Å². The predicted molar refractivity (Wildman–Crippen MR) is 94.3 cm³/mol. The van der Waals surface area contributed by atoms with Crippen molar-refractivity contribution in [2.24, 2.45) is 0 Å². The van der Waals surface area contributed by atoms with E-state index in [0.29, 0.717) is 6.61 Å². The monoisotopic (exact) mass is 405 g/mol. The molecule has 0 radical (unpaired) electrons. The average Bonchev–Trinajstić information content (AvgIpc) is 2.56. The second-order valence-electron chi connectivity index (χ2n) is 6.96. The van der Waals surface area contributed by atoms with Crippen LogP contribution in [-0.2, 0) is 14.3 Å². The van der Waals surface area contributed by atoms with E-state index in [1.165, 1.54) is 75.1 Å². The van der Waals surface area contributed by atoms with E-state index in [4.69, 9.17) is 9.47 Å². The van der Waals surface area contributed by atoms with Crippen LogP contribution in [-0.4, -0.2) is 57.0 Å². The van der Waals surface area contributed by atoms with E-state index in [1.807, 2.05) is 0 Å². The van der Waals surface area contributed by atoms with Crippen LogP contribution in [0, 0.1) is 0 Å². The summed E-state index contributed by atoms with van der Waals surface area (Å²) in [5.41, 5.74) is 0. The molecule has 142 valence electrons. The van der Waals surface area contributed by atoms with Gasteiger partial charge in [-0.3, -0.25) is 0 Å². The standard InChI is InChI=1S/C19H36NO3.BrH/c1-3-19(21)23-16-12-10-8-6-4-5-7-9-11-13-20(2)14-17-22-18-15-20;/h3H,1,4-18H2,2H3;1H/q+1;/p-1. The Morgan fingerprint density at radius 1 is 1.00 bits per heavy atom. The van der Waals surface area contributed by atoms with Gasteiger partial charge in [0.2, 0.25) is 0 Å². The van der Waals surface area contributed by atoms with Crippen LogP contribution in [0.4, 0.5) is 0 Å². The quantitative estimate of drug-likeness (QED) is 0.196. The minimum atomic E-state index is -0.307. The van der Waals surface area contributed by atoms with Gasteiger partial charge in [-0.05, 0) is 19.3 Å². The Hall–Kier alpha value is -0.390. The Balaban J connectivity index is 0.00000529. The number of carbonyl (C=O) groups excluding carboxylic acids is 1. The van der Waals surface area contributed by atoms with Crippen LogP contribution in [0.25, 0.3) is 0 Å². The summed E-state index contributed by atoms with van der Waals surface area (Å²) in [5, 5.41) is 0. The van der Waals surface area contributed by atoms with Crippen molar-refractivity contribution in [3.8, 4) is 0 Å². The minimum Gasteiger partial charge on any atom is -1.00 e. The van der Waals surface area contributed by atoms with Crippen molar-refractivity contribution in [3.05, 3.63) is 12.7 Å². The van der Waals surface area contributed by atoms with Gasteiger partial charge in [0.25, 0.3) is 0 Å². The number of ether oxygens (including phenoxy) is 2. The average molecular weight is 406 g/mol. The van der Waals surface area contributed by atoms with Crippen molar-refractivity contribution in [1.29, 1.82) is 0 Å². The minimum absolute atomic E-state index is 0. The van der Waals surface area contributed by atoms with Gasteiger partial charge in [-0.1, -0.05) is 45.1 Å². The van der Waals surface area contributed by atoms with Crippen molar-refractivity contribution in [2.75, 3.05) is 46.5 Å². The van der Waals surface area contributed by atoms with Crippen molar-refractivity contribution in [3.63, 3.8) is 0 Å². The van der Waals surface area contributed by atoms with Gasteiger partial charge >= 0.3 is 5.97 Å². The molecule has 0 N–H and O–H groups in total. The lowest BCUT2D eigenvalue weighted by Gasteiger charge is -2.37. The molecule has 0 atom stereocenters. The molecule has 5 heteroatoms. The molecular formula is C19H36BrNO3. The van der Waals surface area contributed by atoms with Crippen LogP contribution < -0.4 is 17.0 Å². The van der Waals surface area contributed by atoms with Gasteiger partial charge in [0.1, 0.15) is 13.1 Å². The van der Waals surface area contributed by atoms with Crippen molar-refractivity contribution >= 4 is 5.97 Å². The Kier molecular flexibility index (Phi) is 14.7. The number of nitrogens with zero attached hydrogens (tertiary/aromatic N) is 1. The SMILES string of the molecule is C=CC(=O)OCCCCCCCCCCC[N+]1(C)CCOCC1.[Br-]. The number of unbranched alkanes of at least 4 members (excludes halogenated alkanes) is 8. The predicted octanol–water partition coefficient (Wildman–Crippen LogP) is 0.707. The molecule has 0 spiro atoms. The maximum Gasteiger partial charge on any atom is 0.330 e. The highest BCUT2D eigenvalue weighted by Crippen LogP contribution is 2.13. The third kappa shape index (κ3) is 12.0. The summed E-state index contributed by atoms with van der Waals surface area (Å²) in [6.07, 6.45) is 12.7. The molecule has 0 aliphatic carbocycles. The molecular weight excluding hydrogens is 370 g/mol. The topological polar surface area (TPSA) is 35.5 Å². The summed E-state index contributed by atoms with van der Waals surface area (Å²) in [6, 6.07) is 0. The first kappa shape index (κ1) is 23.6. The van der Waals surface area contributed by atoms with Gasteiger partial charge in [0.15, 0.2) is 0 Å². The van der Waals surface area contributed by atoms with Gasteiger partial charge in [0, 0.05) is 6.08 Å². The highest BCUT2D eigenvalue weighted by Gasteiger charge is 2.23. The molecule has 1 saturated heterocycles. The van der Waals surface area contributed by atoms with Gasteiger partial charge < -0.3 is 30.9 Å². The molecule has 0 unspecified atom stereocenters. The molecule has 0 amide bonds. The number of halogens is 1. The molecule has 1 fully saturated rings. The Labute approximate surface area is 158 Å². The van der Waals surface area contributed by atoms with Gasteiger partial charge in [0.05, 0.1) is 33.4 Å². The lowest BCUT2D eigenvalue weighted by atomic mass is 10.1. The number of hydrogen-bond donors (Lipinski definition) is 0. The number of rotatable bonds is 13. The first-order valence-electron chi connectivity index (χ1n) is 9.37. The molecule has 1 aliphatic heterocycles. The number of quaternary nitrogens is 1. The summed E-state index contributed by atoms with van der Waals surface area (Å²) in [5.74, 6) is -0.307. The largest absolute Gasteiger partial charge is 1.00 e. The van der Waals surface area contributed by atoms with Crippen LogP contribution in [0.15, 0.2) is 12.7 Å². The highest BCUT2D eigenvalue weighted by molar-refractivity contribution is 5.81. The number of likely N-dealkylation sites (N-methyl/N-ethyl adjacent to an activating group) is 1. The zero-order chi connectivity index (χ0) is 16.8. The highest BCUT2D eigenvalue weighted by atomic mass is 79.9. The first-order chi connectivity index (χ1) is 11.2. The summed E-state index contributed by atoms with van der Waals surface area (Å²) in [6.45, 7) is 9.46. The molecule has 1 heterocycles. The lowest BCUT2D eigenvalue weighted by molar-refractivity contribution is -0.917. The van der Waals surface area contributed by atoms with Crippen LogP contribution in [0.2, 0.25) is 0 Å². The Morgan fingerprint density at radius 2 is 1.50 bits per heavy atom. The van der Waals surface area contributed by atoms with Crippen LogP contribution in [0.1, 0.15) is 57.8 Å². The number of hydrogen-bond acceptors (Lipinski definition) is 3. The zero-order valence-electron chi connectivity index (χ0n) is 15.4. The lowest BCUT2D eigenvalue weighted by Crippen LogP contribution is -3.00. The summed E-state index contributed by atoms with van der Waals surface area (Å²) in [7, 11) is 2.37. The van der Waals surface area contributed by atoms with Crippen LogP contribution in [0.5, 0.6) is 0 Å². The molecule has 1 aliphatic rings. The van der Waals surface area contributed by atoms with E-state index in [9.17, 15) is 4.79 Å². The normalized spacial score (nSPS) is 16.2. The van der Waals surface area contributed by atoms with Crippen molar-refractivity contribution < 1.29 is 35.7 Å². The van der Waals surface area contributed by atoms with E-state index in [1.54, 1.807) is 0 Å². The fraction of sp³-hybridized carbons (Fsp3) is 0.842. The Morgan fingerprint density at radius 3 is 2.04 bits per heavy atom. The number of esters is 1. The van der Waals surface area contributed by atoms with E-state index < -0.39 is 0 Å². The smallest absolute Gasteiger partial charge is 0.330 e. The van der Waals surface area contributed by atoms with Gasteiger partial charge in [-0.15, -0.1) is 0 Å². The van der Waals surface area contributed by atoms with Crippen molar-refractivity contribution in [2.45, 2.75) is 57.8 Å². The maximum absolute atomic E-state index is 10.8. The van der Waals surface area contributed by atoms with E-state index in [2.05, 4.69) is 13.6 Å². The fourth-order valence-electron chi connectivity index (χ4n) is 3.07. The van der Waals surface area contributed by atoms with Crippen LogP contribution in [0.3, 0.4) is 0 Å². The second-order valence-corrected chi connectivity index (χ2v) is 6.96. The zero-order valence-corrected chi connectivity index (χ0v) is 17.0. The van der Waals surface area contributed by atoms with Gasteiger partial charge in [-0.25, -0.2) is 4.79 Å². The summed E-state index contributed by atoms with van der Waals surface area (Å²) >= 11 is 0. The third-order valence-corrected chi connectivity index (χ3v) is 4.80. The second kappa shape index (κ2) is 14.9. The number of carbonyl (C=O) groups is 1. The van der Waals surface area contributed by atoms with E-state index in [-0.39, 0.29) is 23.0 Å². The summed E-state index contributed by atoms with van der Waals surface area (Å²) < 4.78 is 11.6. The molecule has 24 heavy (non-hydrogen) atoms. The van der Waals surface area contributed by atoms with Crippen LogP contribution >= 0.6 is 0 Å². The van der Waals surface area contributed by atoms with Crippen molar-refractivity contribution in [1.82, 2.24) is 0 Å². The molecule has 0 aromatic rings. The Bertz CT molecular complexity index is 331. The maximum atomic E-state index is 10.8. The molecule has 0 bridgehead atoms. The van der Waals surface area contributed by atoms with E-state index >= 15 is 0 Å². The fourth-order valence-corrected chi connectivity index (χ4v) is 3.07. The molecule has 0 aromatic heterocycles. The van der Waals surface area contributed by atoms with Gasteiger partial charge in [-0.2, -0.15) is 0 Å². The molecule has 0 aromatic carbocycles. The first-order valence-corrected chi connectivity index (χ1v) is 9.37. The third-order valence-electron chi connectivity index (χ3n) is 4.80. The molecule has 1 rings (SSSR count). The number of morpholine rings is 1. The molecule has 0 saturated carbocycles.